The molecule has 0 bridgehead atoms. The maximum atomic E-state index is 5.46. The number of ether oxygens (including phenoxy) is 1. The Kier molecular flexibility index (Phi) is 9.84. The van der Waals surface area contributed by atoms with E-state index in [9.17, 15) is 0 Å². The highest BCUT2D eigenvalue weighted by molar-refractivity contribution is 14.0. The highest BCUT2D eigenvalue weighted by atomic mass is 127. The van der Waals surface area contributed by atoms with Crippen molar-refractivity contribution in [2.24, 2.45) is 10.9 Å². The van der Waals surface area contributed by atoms with Crippen LogP contribution in [0.1, 0.15) is 28.9 Å². The number of furan rings is 1. The number of nitrogens with zero attached hydrogens (tertiary/aromatic N) is 1. The van der Waals surface area contributed by atoms with Crippen LogP contribution in [0.2, 0.25) is 0 Å². The van der Waals surface area contributed by atoms with Gasteiger partial charge in [-0.15, -0.1) is 24.0 Å². The molecule has 0 aliphatic carbocycles. The van der Waals surface area contributed by atoms with Gasteiger partial charge in [-0.2, -0.15) is 0 Å². The van der Waals surface area contributed by atoms with E-state index in [1.807, 2.05) is 12.1 Å². The summed E-state index contributed by atoms with van der Waals surface area (Å²) in [6, 6.07) is 10.4. The van der Waals surface area contributed by atoms with Crippen molar-refractivity contribution < 1.29 is 9.15 Å². The van der Waals surface area contributed by atoms with Crippen molar-refractivity contribution in [3.63, 3.8) is 0 Å². The van der Waals surface area contributed by atoms with Crippen LogP contribution in [0, 0.1) is 19.8 Å². The van der Waals surface area contributed by atoms with E-state index in [2.05, 4.69) is 42.7 Å². The fourth-order valence-corrected chi connectivity index (χ4v) is 3.43. The van der Waals surface area contributed by atoms with Gasteiger partial charge in [0.1, 0.15) is 5.76 Å². The molecule has 1 aromatic carbocycles. The number of benzene rings is 1. The summed E-state index contributed by atoms with van der Waals surface area (Å²) in [5.74, 6) is 2.40. The number of rotatable bonds is 8. The lowest BCUT2D eigenvalue weighted by Gasteiger charge is -2.15. The van der Waals surface area contributed by atoms with Gasteiger partial charge in [-0.1, -0.05) is 18.2 Å². The molecule has 28 heavy (non-hydrogen) atoms. The predicted molar refractivity (Wildman–Crippen MR) is 125 cm³/mol. The summed E-state index contributed by atoms with van der Waals surface area (Å²) in [4.78, 5) is 4.78. The SMILES string of the molecule is Cc1cccc(C)c1CCNC(=NCC1CCOC1)NCCc1ccco1.I. The molecule has 1 aliphatic rings. The van der Waals surface area contributed by atoms with Crippen molar-refractivity contribution >= 4 is 29.9 Å². The molecule has 0 spiro atoms. The van der Waals surface area contributed by atoms with Crippen LogP contribution in [0.3, 0.4) is 0 Å². The van der Waals surface area contributed by atoms with E-state index in [4.69, 9.17) is 14.1 Å². The summed E-state index contributed by atoms with van der Waals surface area (Å²) < 4.78 is 10.9. The minimum atomic E-state index is 0. The molecule has 6 heteroatoms. The van der Waals surface area contributed by atoms with Crippen LogP contribution in [0.25, 0.3) is 0 Å². The first-order valence-corrected chi connectivity index (χ1v) is 9.90. The van der Waals surface area contributed by atoms with Crippen molar-refractivity contribution in [2.45, 2.75) is 33.1 Å². The number of halogens is 1. The smallest absolute Gasteiger partial charge is 0.191 e. The average molecular weight is 497 g/mol. The van der Waals surface area contributed by atoms with Gasteiger partial charge in [-0.25, -0.2) is 0 Å². The topological polar surface area (TPSA) is 58.8 Å². The fourth-order valence-electron chi connectivity index (χ4n) is 3.43. The summed E-state index contributed by atoms with van der Waals surface area (Å²) >= 11 is 0. The van der Waals surface area contributed by atoms with Crippen molar-refractivity contribution in [3.8, 4) is 0 Å². The molecule has 2 N–H and O–H groups in total. The summed E-state index contributed by atoms with van der Waals surface area (Å²) in [6.45, 7) is 8.51. The number of hydrogen-bond acceptors (Lipinski definition) is 3. The Morgan fingerprint density at radius 3 is 2.46 bits per heavy atom. The third-order valence-corrected chi connectivity index (χ3v) is 5.09. The second kappa shape index (κ2) is 12.1. The summed E-state index contributed by atoms with van der Waals surface area (Å²) in [5, 5.41) is 6.93. The van der Waals surface area contributed by atoms with E-state index < -0.39 is 0 Å². The van der Waals surface area contributed by atoms with Gasteiger partial charge in [0.05, 0.1) is 12.9 Å². The van der Waals surface area contributed by atoms with E-state index in [0.29, 0.717) is 5.92 Å². The zero-order chi connectivity index (χ0) is 18.9. The van der Waals surface area contributed by atoms with Gasteiger partial charge < -0.3 is 19.8 Å². The number of nitrogens with one attached hydrogen (secondary N) is 2. The van der Waals surface area contributed by atoms with Crippen LogP contribution in [0.15, 0.2) is 46.0 Å². The minimum absolute atomic E-state index is 0. The lowest BCUT2D eigenvalue weighted by molar-refractivity contribution is 0.187. The highest BCUT2D eigenvalue weighted by Gasteiger charge is 2.15. The summed E-state index contributed by atoms with van der Waals surface area (Å²) in [5.41, 5.74) is 4.12. The first-order chi connectivity index (χ1) is 13.2. The van der Waals surface area contributed by atoms with E-state index in [0.717, 1.165) is 63.8 Å². The Hall–Kier alpha value is -1.54. The van der Waals surface area contributed by atoms with Crippen molar-refractivity contribution in [1.82, 2.24) is 10.6 Å². The largest absolute Gasteiger partial charge is 0.469 e. The summed E-state index contributed by atoms with van der Waals surface area (Å²) in [7, 11) is 0. The molecular weight excluding hydrogens is 465 g/mol. The molecule has 1 aromatic heterocycles. The number of aryl methyl sites for hydroxylation is 2. The quantitative estimate of drug-likeness (QED) is 0.330. The van der Waals surface area contributed by atoms with Crippen LogP contribution in [-0.4, -0.2) is 38.8 Å². The van der Waals surface area contributed by atoms with Crippen molar-refractivity contribution in [1.29, 1.82) is 0 Å². The van der Waals surface area contributed by atoms with Crippen LogP contribution < -0.4 is 10.6 Å². The molecule has 1 fully saturated rings. The Morgan fingerprint density at radius 2 is 1.82 bits per heavy atom. The minimum Gasteiger partial charge on any atom is -0.469 e. The molecule has 1 saturated heterocycles. The molecule has 154 valence electrons. The second-order valence-electron chi connectivity index (χ2n) is 7.22. The van der Waals surface area contributed by atoms with E-state index >= 15 is 0 Å². The van der Waals surface area contributed by atoms with Gasteiger partial charge >= 0.3 is 0 Å². The van der Waals surface area contributed by atoms with Gasteiger partial charge in [-0.05, 0) is 55.5 Å². The molecule has 2 heterocycles. The standard InChI is InChI=1S/C22H31N3O2.HI/c1-17-5-3-6-18(2)21(17)9-12-24-22(25-15-19-10-14-26-16-19)23-11-8-20-7-4-13-27-20;/h3-7,13,19H,8-12,14-16H2,1-2H3,(H2,23,24,25);1H. The zero-order valence-corrected chi connectivity index (χ0v) is 19.2. The van der Waals surface area contributed by atoms with Crippen molar-refractivity contribution in [2.75, 3.05) is 32.8 Å². The number of aliphatic imine (C=N–C) groups is 1. The first-order valence-electron chi connectivity index (χ1n) is 9.90. The van der Waals surface area contributed by atoms with E-state index in [1.165, 1.54) is 16.7 Å². The van der Waals surface area contributed by atoms with Gasteiger partial charge in [-0.3, -0.25) is 4.99 Å². The third kappa shape index (κ3) is 7.13. The van der Waals surface area contributed by atoms with Gasteiger partial charge in [0.2, 0.25) is 0 Å². The van der Waals surface area contributed by atoms with Gasteiger partial charge in [0, 0.05) is 38.6 Å². The Morgan fingerprint density at radius 1 is 1.07 bits per heavy atom. The lowest BCUT2D eigenvalue weighted by atomic mass is 10.0. The van der Waals surface area contributed by atoms with Crippen LogP contribution in [-0.2, 0) is 17.6 Å². The van der Waals surface area contributed by atoms with E-state index in [1.54, 1.807) is 6.26 Å². The molecule has 0 amide bonds. The predicted octanol–water partition coefficient (Wildman–Crippen LogP) is 3.87. The fraction of sp³-hybridized carbons (Fsp3) is 0.500. The molecule has 3 rings (SSSR count). The number of hydrogen-bond donors (Lipinski definition) is 2. The maximum absolute atomic E-state index is 5.46. The molecule has 1 aliphatic heterocycles. The highest BCUT2D eigenvalue weighted by Crippen LogP contribution is 2.14. The van der Waals surface area contributed by atoms with Gasteiger partial charge in [0.15, 0.2) is 5.96 Å². The van der Waals surface area contributed by atoms with Crippen LogP contribution >= 0.6 is 24.0 Å². The Labute approximate surface area is 185 Å². The third-order valence-electron chi connectivity index (χ3n) is 5.09. The zero-order valence-electron chi connectivity index (χ0n) is 16.9. The van der Waals surface area contributed by atoms with Gasteiger partial charge in [0.25, 0.3) is 0 Å². The monoisotopic (exact) mass is 497 g/mol. The Bertz CT molecular complexity index is 705. The molecule has 1 atom stereocenters. The molecule has 1 unspecified atom stereocenters. The average Bonchev–Trinajstić information content (AvgIpc) is 3.35. The molecule has 2 aromatic rings. The number of guanidine groups is 1. The second-order valence-corrected chi connectivity index (χ2v) is 7.22. The molecule has 0 radical (unpaired) electrons. The van der Waals surface area contributed by atoms with E-state index in [-0.39, 0.29) is 24.0 Å². The normalized spacial score (nSPS) is 16.6. The molecular formula is C22H32IN3O2. The lowest BCUT2D eigenvalue weighted by Crippen LogP contribution is -2.40. The molecule has 5 nitrogen and oxygen atoms in total. The maximum Gasteiger partial charge on any atom is 0.191 e. The van der Waals surface area contributed by atoms with Crippen LogP contribution in [0.5, 0.6) is 0 Å². The van der Waals surface area contributed by atoms with Crippen molar-refractivity contribution in [3.05, 3.63) is 59.0 Å². The Balaban J connectivity index is 0.00000280. The first kappa shape index (κ1) is 22.7. The van der Waals surface area contributed by atoms with Crippen LogP contribution in [0.4, 0.5) is 0 Å². The molecule has 0 saturated carbocycles. The summed E-state index contributed by atoms with van der Waals surface area (Å²) in [6.07, 6.45) is 4.65.